The number of rotatable bonds is 2. The van der Waals surface area contributed by atoms with Crippen LogP contribution in [0.1, 0.15) is 31.9 Å². The van der Waals surface area contributed by atoms with Crippen LogP contribution in [0, 0.1) is 6.92 Å². The van der Waals surface area contributed by atoms with Crippen LogP contribution in [-0.2, 0) is 12.1 Å². The first kappa shape index (κ1) is 12.8. The molecule has 1 N–H and O–H groups in total. The summed E-state index contributed by atoms with van der Waals surface area (Å²) in [5.74, 6) is 0. The van der Waals surface area contributed by atoms with Crippen LogP contribution in [0.5, 0.6) is 0 Å². The first-order chi connectivity index (χ1) is 8.41. The van der Waals surface area contributed by atoms with Gasteiger partial charge in [-0.3, -0.25) is 4.68 Å². The van der Waals surface area contributed by atoms with Gasteiger partial charge in [-0.2, -0.15) is 5.10 Å². The number of aliphatic hydroxyl groups is 1. The molecule has 0 fully saturated rings. The lowest BCUT2D eigenvalue weighted by Gasteiger charge is -2.18. The molecular weight excluding hydrogens is 224 g/mol. The van der Waals surface area contributed by atoms with Crippen molar-refractivity contribution in [3.05, 3.63) is 41.6 Å². The average Bonchev–Trinajstić information content (AvgIpc) is 2.73. The molecule has 0 atom stereocenters. The molecule has 0 aliphatic rings. The monoisotopic (exact) mass is 244 g/mol. The Labute approximate surface area is 108 Å². The van der Waals surface area contributed by atoms with Gasteiger partial charge in [0.1, 0.15) is 0 Å². The first-order valence-corrected chi connectivity index (χ1v) is 6.19. The summed E-state index contributed by atoms with van der Waals surface area (Å²) in [5, 5.41) is 14.1. The van der Waals surface area contributed by atoms with Gasteiger partial charge >= 0.3 is 0 Å². The molecule has 1 heterocycles. The third-order valence-electron chi connectivity index (χ3n) is 2.97. The molecule has 0 amide bonds. The fourth-order valence-corrected chi connectivity index (χ4v) is 1.82. The van der Waals surface area contributed by atoms with Crippen molar-refractivity contribution in [2.24, 2.45) is 0 Å². The van der Waals surface area contributed by atoms with E-state index in [1.54, 1.807) is 0 Å². The summed E-state index contributed by atoms with van der Waals surface area (Å²) in [4.78, 5) is 0. The Hall–Kier alpha value is -1.61. The van der Waals surface area contributed by atoms with Crippen LogP contribution in [0.4, 0.5) is 0 Å². The van der Waals surface area contributed by atoms with Crippen LogP contribution >= 0.6 is 0 Å². The van der Waals surface area contributed by atoms with Gasteiger partial charge in [-0.15, -0.1) is 0 Å². The van der Waals surface area contributed by atoms with Crippen LogP contribution in [0.25, 0.3) is 11.3 Å². The van der Waals surface area contributed by atoms with E-state index in [0.29, 0.717) is 0 Å². The molecule has 2 aromatic rings. The minimum atomic E-state index is -0.0765. The molecule has 0 spiro atoms. The molecule has 0 aliphatic heterocycles. The summed E-state index contributed by atoms with van der Waals surface area (Å²) in [6, 6.07) is 8.22. The highest BCUT2D eigenvalue weighted by Crippen LogP contribution is 2.25. The summed E-state index contributed by atoms with van der Waals surface area (Å²) in [5.41, 5.74) is 3.93. The first-order valence-electron chi connectivity index (χ1n) is 6.19. The van der Waals surface area contributed by atoms with Crippen molar-refractivity contribution in [1.82, 2.24) is 9.78 Å². The van der Waals surface area contributed by atoms with Crippen molar-refractivity contribution in [2.45, 2.75) is 39.8 Å². The van der Waals surface area contributed by atoms with E-state index in [1.165, 1.54) is 5.56 Å². The topological polar surface area (TPSA) is 38.0 Å². The minimum Gasteiger partial charge on any atom is -0.392 e. The highest BCUT2D eigenvalue weighted by Gasteiger charge is 2.18. The molecule has 1 aromatic heterocycles. The molecule has 96 valence electrons. The summed E-state index contributed by atoms with van der Waals surface area (Å²) in [6.45, 7) is 8.37. The van der Waals surface area contributed by atoms with Crippen molar-refractivity contribution >= 4 is 0 Å². The van der Waals surface area contributed by atoms with Gasteiger partial charge < -0.3 is 5.11 Å². The summed E-state index contributed by atoms with van der Waals surface area (Å²) >= 11 is 0. The van der Waals surface area contributed by atoms with Crippen LogP contribution in [0.15, 0.2) is 30.5 Å². The molecule has 18 heavy (non-hydrogen) atoms. The van der Waals surface area contributed by atoms with Crippen molar-refractivity contribution < 1.29 is 5.11 Å². The average molecular weight is 244 g/mol. The van der Waals surface area contributed by atoms with E-state index in [-0.39, 0.29) is 12.1 Å². The van der Waals surface area contributed by atoms with Crippen molar-refractivity contribution in [1.29, 1.82) is 0 Å². The van der Waals surface area contributed by atoms with E-state index < -0.39 is 0 Å². The molecule has 2 rings (SSSR count). The zero-order chi connectivity index (χ0) is 13.3. The second-order valence-corrected chi connectivity index (χ2v) is 5.64. The fraction of sp³-hybridized carbons (Fsp3) is 0.400. The van der Waals surface area contributed by atoms with Gasteiger partial charge in [0.15, 0.2) is 0 Å². The van der Waals surface area contributed by atoms with Gasteiger partial charge in [0, 0.05) is 17.3 Å². The zero-order valence-electron chi connectivity index (χ0n) is 11.4. The molecule has 0 bridgehead atoms. The molecule has 0 unspecified atom stereocenters. The molecule has 3 nitrogen and oxygen atoms in total. The number of aliphatic hydroxyl groups excluding tert-OH is 1. The third kappa shape index (κ3) is 2.46. The van der Waals surface area contributed by atoms with Crippen LogP contribution in [0.2, 0.25) is 0 Å². The van der Waals surface area contributed by atoms with E-state index >= 15 is 0 Å². The Morgan fingerprint density at radius 1 is 1.17 bits per heavy atom. The predicted molar refractivity (Wildman–Crippen MR) is 73.3 cm³/mol. The lowest BCUT2D eigenvalue weighted by Crippen LogP contribution is -2.22. The number of aryl methyl sites for hydroxylation is 1. The van der Waals surface area contributed by atoms with Gasteiger partial charge in [-0.05, 0) is 27.7 Å². The van der Waals surface area contributed by atoms with E-state index in [0.717, 1.165) is 16.8 Å². The number of benzene rings is 1. The van der Waals surface area contributed by atoms with Crippen LogP contribution in [0.3, 0.4) is 0 Å². The molecule has 3 heteroatoms. The maximum atomic E-state index is 9.46. The molecule has 0 saturated heterocycles. The number of hydrogen-bond donors (Lipinski definition) is 1. The summed E-state index contributed by atoms with van der Waals surface area (Å²) in [6.07, 6.45) is 1.93. The molecule has 1 aromatic carbocycles. The fourth-order valence-electron chi connectivity index (χ4n) is 1.82. The van der Waals surface area contributed by atoms with Gasteiger partial charge in [0.05, 0.1) is 17.8 Å². The number of nitrogens with zero attached hydrogens (tertiary/aromatic N) is 2. The van der Waals surface area contributed by atoms with Crippen LogP contribution in [-0.4, -0.2) is 14.9 Å². The quantitative estimate of drug-likeness (QED) is 0.881. The molecule has 0 saturated carbocycles. The van der Waals surface area contributed by atoms with Gasteiger partial charge in [-0.25, -0.2) is 0 Å². The molecule has 0 radical (unpaired) electrons. The Morgan fingerprint density at radius 2 is 1.78 bits per heavy atom. The number of hydrogen-bond acceptors (Lipinski definition) is 2. The van der Waals surface area contributed by atoms with Gasteiger partial charge in [0.2, 0.25) is 0 Å². The second kappa shape index (κ2) is 4.58. The standard InChI is InChI=1S/C15H20N2O/c1-11-5-7-12(8-6-11)14-13(10-18)9-17(16-14)15(2,3)4/h5-9,18H,10H2,1-4H3. The lowest BCUT2D eigenvalue weighted by atomic mass is 10.1. The highest BCUT2D eigenvalue weighted by molar-refractivity contribution is 5.62. The maximum Gasteiger partial charge on any atom is 0.0978 e. The number of aromatic nitrogens is 2. The zero-order valence-corrected chi connectivity index (χ0v) is 11.4. The Bertz CT molecular complexity index is 533. The Balaban J connectivity index is 2.50. The van der Waals surface area contributed by atoms with Gasteiger partial charge in [-0.1, -0.05) is 29.8 Å². The highest BCUT2D eigenvalue weighted by atomic mass is 16.3. The van der Waals surface area contributed by atoms with Crippen LogP contribution < -0.4 is 0 Å². The Kier molecular flexibility index (Phi) is 3.26. The van der Waals surface area contributed by atoms with E-state index in [1.807, 2.05) is 23.0 Å². The second-order valence-electron chi connectivity index (χ2n) is 5.64. The molecule has 0 aliphatic carbocycles. The van der Waals surface area contributed by atoms with Crippen molar-refractivity contribution in [3.63, 3.8) is 0 Å². The van der Waals surface area contributed by atoms with Crippen molar-refractivity contribution in [3.8, 4) is 11.3 Å². The van der Waals surface area contributed by atoms with E-state index in [9.17, 15) is 5.11 Å². The largest absolute Gasteiger partial charge is 0.392 e. The normalized spacial score (nSPS) is 11.8. The van der Waals surface area contributed by atoms with Crippen molar-refractivity contribution in [2.75, 3.05) is 0 Å². The Morgan fingerprint density at radius 3 is 2.28 bits per heavy atom. The van der Waals surface area contributed by atoms with E-state index in [2.05, 4.69) is 44.9 Å². The molecular formula is C15H20N2O. The van der Waals surface area contributed by atoms with E-state index in [4.69, 9.17) is 0 Å². The lowest BCUT2D eigenvalue weighted by molar-refractivity contribution is 0.281. The van der Waals surface area contributed by atoms with Gasteiger partial charge in [0.25, 0.3) is 0 Å². The third-order valence-corrected chi connectivity index (χ3v) is 2.97. The SMILES string of the molecule is Cc1ccc(-c2nn(C(C)(C)C)cc2CO)cc1. The summed E-state index contributed by atoms with van der Waals surface area (Å²) in [7, 11) is 0. The predicted octanol–water partition coefficient (Wildman–Crippen LogP) is 3.11. The minimum absolute atomic E-state index is 0.0132. The summed E-state index contributed by atoms with van der Waals surface area (Å²) < 4.78 is 1.91. The smallest absolute Gasteiger partial charge is 0.0978 e. The maximum absolute atomic E-state index is 9.46.